The van der Waals surface area contributed by atoms with Gasteiger partial charge >= 0.3 is 0 Å². The SMILES string of the molecule is CCc1cc(C2CCN(C(=O)C3NCC4(CC4)CC3C(=O)NO)CC2)ccc1C#N. The van der Waals surface area contributed by atoms with Crippen molar-refractivity contribution < 1.29 is 14.8 Å². The first-order valence-corrected chi connectivity index (χ1v) is 11.0. The predicted molar refractivity (Wildman–Crippen MR) is 111 cm³/mol. The number of amides is 2. The van der Waals surface area contributed by atoms with Crippen LogP contribution in [0.2, 0.25) is 0 Å². The van der Waals surface area contributed by atoms with E-state index in [4.69, 9.17) is 5.21 Å². The average Bonchev–Trinajstić information content (AvgIpc) is 3.56. The number of aryl methyl sites for hydroxylation is 1. The highest BCUT2D eigenvalue weighted by Gasteiger charge is 2.52. The largest absolute Gasteiger partial charge is 0.341 e. The molecule has 1 saturated carbocycles. The lowest BCUT2D eigenvalue weighted by Crippen LogP contribution is -2.59. The molecule has 3 fully saturated rings. The first-order valence-electron chi connectivity index (χ1n) is 11.0. The van der Waals surface area contributed by atoms with Crippen LogP contribution in [0.3, 0.4) is 0 Å². The average molecular weight is 411 g/mol. The number of carbonyl (C=O) groups excluding carboxylic acids is 2. The fourth-order valence-electron chi connectivity index (χ4n) is 5.17. The zero-order valence-electron chi connectivity index (χ0n) is 17.5. The summed E-state index contributed by atoms with van der Waals surface area (Å²) >= 11 is 0. The van der Waals surface area contributed by atoms with Gasteiger partial charge in [-0.05, 0) is 67.1 Å². The minimum Gasteiger partial charge on any atom is -0.341 e. The zero-order chi connectivity index (χ0) is 21.3. The van der Waals surface area contributed by atoms with Crippen molar-refractivity contribution in [3.05, 3.63) is 34.9 Å². The molecule has 4 rings (SSSR count). The van der Waals surface area contributed by atoms with Crippen LogP contribution in [0.5, 0.6) is 0 Å². The molecule has 3 aliphatic rings. The summed E-state index contributed by atoms with van der Waals surface area (Å²) in [6.07, 6.45) is 5.38. The monoisotopic (exact) mass is 410 g/mol. The van der Waals surface area contributed by atoms with E-state index < -0.39 is 17.9 Å². The summed E-state index contributed by atoms with van der Waals surface area (Å²) < 4.78 is 0. The molecule has 0 radical (unpaired) electrons. The molecule has 2 saturated heterocycles. The highest BCUT2D eigenvalue weighted by Crippen LogP contribution is 2.52. The second kappa shape index (κ2) is 8.37. The number of hydrogen-bond donors (Lipinski definition) is 3. The maximum atomic E-state index is 13.2. The first-order chi connectivity index (χ1) is 14.5. The van der Waals surface area contributed by atoms with Gasteiger partial charge in [0.25, 0.3) is 0 Å². The molecule has 7 nitrogen and oxygen atoms in total. The fraction of sp³-hybridized carbons (Fsp3) is 0.609. The molecule has 1 aromatic carbocycles. The number of hydrogen-bond acceptors (Lipinski definition) is 5. The van der Waals surface area contributed by atoms with Gasteiger partial charge in [0.15, 0.2) is 0 Å². The maximum absolute atomic E-state index is 13.2. The summed E-state index contributed by atoms with van der Waals surface area (Å²) in [5, 5.41) is 21.7. The molecular formula is C23H30N4O3. The molecule has 160 valence electrons. The highest BCUT2D eigenvalue weighted by molar-refractivity contribution is 5.90. The van der Waals surface area contributed by atoms with Crippen molar-refractivity contribution in [1.29, 1.82) is 5.26 Å². The predicted octanol–water partition coefficient (Wildman–Crippen LogP) is 2.09. The third kappa shape index (κ3) is 3.94. The van der Waals surface area contributed by atoms with E-state index in [1.54, 1.807) is 5.48 Å². The minimum atomic E-state index is -0.568. The van der Waals surface area contributed by atoms with Crippen LogP contribution in [-0.4, -0.2) is 47.6 Å². The van der Waals surface area contributed by atoms with E-state index >= 15 is 0 Å². The summed E-state index contributed by atoms with van der Waals surface area (Å²) in [7, 11) is 0. The quantitative estimate of drug-likeness (QED) is 0.521. The van der Waals surface area contributed by atoms with Gasteiger partial charge in [0, 0.05) is 19.6 Å². The van der Waals surface area contributed by atoms with Crippen molar-refractivity contribution in [3.63, 3.8) is 0 Å². The number of rotatable bonds is 4. The fourth-order valence-corrected chi connectivity index (χ4v) is 5.17. The normalized spacial score (nSPS) is 25.6. The standard InChI is InChI=1S/C23H30N4O3/c1-2-15-11-17(3-4-18(15)13-24)16-5-9-27(10-6-16)22(29)20-19(21(28)26-30)12-23(7-8-23)14-25-20/h3-4,11,16,19-20,25,30H,2,5-10,12,14H2,1H3,(H,26,28). The molecule has 3 N–H and O–H groups in total. The van der Waals surface area contributed by atoms with Gasteiger partial charge < -0.3 is 10.2 Å². The molecule has 1 spiro atoms. The third-order valence-corrected chi connectivity index (χ3v) is 7.33. The minimum absolute atomic E-state index is 0.0355. The van der Waals surface area contributed by atoms with Gasteiger partial charge in [-0.15, -0.1) is 0 Å². The summed E-state index contributed by atoms with van der Waals surface area (Å²) in [5.74, 6) is -0.655. The van der Waals surface area contributed by atoms with E-state index in [0.717, 1.165) is 49.8 Å². The van der Waals surface area contributed by atoms with E-state index in [-0.39, 0.29) is 11.3 Å². The van der Waals surface area contributed by atoms with Crippen LogP contribution >= 0.6 is 0 Å². The Kier molecular flexibility index (Phi) is 5.81. The molecule has 30 heavy (non-hydrogen) atoms. The van der Waals surface area contributed by atoms with Crippen LogP contribution in [-0.2, 0) is 16.0 Å². The number of nitrogens with one attached hydrogen (secondary N) is 2. The van der Waals surface area contributed by atoms with Crippen LogP contribution in [0, 0.1) is 22.7 Å². The molecule has 1 aliphatic carbocycles. The van der Waals surface area contributed by atoms with Crippen LogP contribution in [0.4, 0.5) is 0 Å². The Morgan fingerprint density at radius 3 is 2.67 bits per heavy atom. The number of benzene rings is 1. The second-order valence-electron chi connectivity index (χ2n) is 9.13. The van der Waals surface area contributed by atoms with Crippen LogP contribution < -0.4 is 10.8 Å². The molecule has 0 bridgehead atoms. The first kappa shape index (κ1) is 20.8. The van der Waals surface area contributed by atoms with E-state index in [1.807, 2.05) is 17.0 Å². The van der Waals surface area contributed by atoms with Crippen molar-refractivity contribution >= 4 is 11.8 Å². The lowest BCUT2D eigenvalue weighted by Gasteiger charge is -2.40. The molecule has 1 aromatic rings. The topological polar surface area (TPSA) is 105 Å². The highest BCUT2D eigenvalue weighted by atomic mass is 16.5. The summed E-state index contributed by atoms with van der Waals surface area (Å²) in [5.41, 5.74) is 4.95. The van der Waals surface area contributed by atoms with Crippen molar-refractivity contribution in [2.24, 2.45) is 11.3 Å². The molecule has 2 amide bonds. The number of carbonyl (C=O) groups is 2. The van der Waals surface area contributed by atoms with Gasteiger partial charge in [0.05, 0.1) is 23.6 Å². The number of likely N-dealkylation sites (tertiary alicyclic amines) is 1. The van der Waals surface area contributed by atoms with E-state index in [1.165, 1.54) is 5.56 Å². The molecule has 2 aliphatic heterocycles. The Morgan fingerprint density at radius 2 is 2.07 bits per heavy atom. The summed E-state index contributed by atoms with van der Waals surface area (Å²) in [6, 6.07) is 7.77. The number of nitriles is 1. The molecule has 2 heterocycles. The number of hydroxylamine groups is 1. The Bertz CT molecular complexity index is 866. The van der Waals surface area contributed by atoms with Crippen LogP contribution in [0.25, 0.3) is 0 Å². The van der Waals surface area contributed by atoms with Gasteiger partial charge in [-0.1, -0.05) is 19.1 Å². The summed E-state index contributed by atoms with van der Waals surface area (Å²) in [4.78, 5) is 27.3. The summed E-state index contributed by atoms with van der Waals surface area (Å²) in [6.45, 7) is 4.13. The number of nitrogens with zero attached hydrogens (tertiary/aromatic N) is 2. The molecule has 2 unspecified atom stereocenters. The molecule has 7 heteroatoms. The van der Waals surface area contributed by atoms with Gasteiger partial charge in [-0.25, -0.2) is 5.48 Å². The zero-order valence-corrected chi connectivity index (χ0v) is 17.5. The van der Waals surface area contributed by atoms with E-state index in [9.17, 15) is 14.9 Å². The molecular weight excluding hydrogens is 380 g/mol. The van der Waals surface area contributed by atoms with Crippen molar-refractivity contribution in [2.45, 2.75) is 57.4 Å². The van der Waals surface area contributed by atoms with Gasteiger partial charge in [0.1, 0.15) is 0 Å². The van der Waals surface area contributed by atoms with Crippen LogP contribution in [0.15, 0.2) is 18.2 Å². The van der Waals surface area contributed by atoms with Gasteiger partial charge in [-0.3, -0.25) is 14.8 Å². The van der Waals surface area contributed by atoms with Crippen molar-refractivity contribution in [3.8, 4) is 6.07 Å². The number of piperidine rings is 2. The second-order valence-corrected chi connectivity index (χ2v) is 9.13. The Labute approximate surface area is 177 Å². The Morgan fingerprint density at radius 1 is 1.33 bits per heavy atom. The Hall–Kier alpha value is -2.43. The van der Waals surface area contributed by atoms with Crippen molar-refractivity contribution in [2.75, 3.05) is 19.6 Å². The smallest absolute Gasteiger partial charge is 0.248 e. The van der Waals surface area contributed by atoms with Crippen molar-refractivity contribution in [1.82, 2.24) is 15.7 Å². The third-order valence-electron chi connectivity index (χ3n) is 7.33. The van der Waals surface area contributed by atoms with Crippen LogP contribution in [0.1, 0.15) is 61.6 Å². The lowest BCUT2D eigenvalue weighted by atomic mass is 9.80. The van der Waals surface area contributed by atoms with Gasteiger partial charge in [0.2, 0.25) is 11.8 Å². The molecule has 2 atom stereocenters. The van der Waals surface area contributed by atoms with E-state index in [2.05, 4.69) is 24.4 Å². The van der Waals surface area contributed by atoms with E-state index in [0.29, 0.717) is 25.4 Å². The van der Waals surface area contributed by atoms with Gasteiger partial charge in [-0.2, -0.15) is 5.26 Å². The Balaban J connectivity index is 1.40. The maximum Gasteiger partial charge on any atom is 0.248 e. The molecule has 0 aromatic heterocycles. The lowest BCUT2D eigenvalue weighted by molar-refractivity contribution is -0.145.